The van der Waals surface area contributed by atoms with Gasteiger partial charge in [0.2, 0.25) is 5.91 Å². The highest BCUT2D eigenvalue weighted by atomic mass is 35.5. The Morgan fingerprint density at radius 1 is 1.47 bits per heavy atom. The smallest absolute Gasteiger partial charge is 0.239 e. The van der Waals surface area contributed by atoms with Crippen molar-refractivity contribution in [3.05, 3.63) is 22.2 Å². The van der Waals surface area contributed by atoms with Crippen LogP contribution in [0, 0.1) is 0 Å². The van der Waals surface area contributed by atoms with E-state index in [4.69, 9.17) is 28.9 Å². The Labute approximate surface area is 112 Å². The Bertz CT molecular complexity index is 545. The second-order valence-corrected chi connectivity index (χ2v) is 5.37. The zero-order chi connectivity index (χ0) is 12.6. The zero-order valence-corrected chi connectivity index (χ0v) is 11.2. The van der Waals surface area contributed by atoms with Gasteiger partial charge in [-0.25, -0.2) is 4.98 Å². The van der Waals surface area contributed by atoms with Crippen LogP contribution in [0.15, 0.2) is 12.1 Å². The molecule has 0 aliphatic heterocycles. The molecule has 3 N–H and O–H groups in total. The van der Waals surface area contributed by atoms with Gasteiger partial charge in [0.05, 0.1) is 20.3 Å². The lowest BCUT2D eigenvalue weighted by atomic mass is 10.3. The minimum absolute atomic E-state index is 0.430. The van der Waals surface area contributed by atoms with Gasteiger partial charge in [-0.05, 0) is 19.1 Å². The summed E-state index contributed by atoms with van der Waals surface area (Å²) >= 11 is 13.2. The molecule has 4 nitrogen and oxygen atoms in total. The third-order valence-electron chi connectivity index (χ3n) is 2.20. The molecule has 2 rings (SSSR count). The second-order valence-electron chi connectivity index (χ2n) is 3.52. The van der Waals surface area contributed by atoms with Crippen molar-refractivity contribution in [3.8, 4) is 0 Å². The highest BCUT2D eigenvalue weighted by molar-refractivity contribution is 7.22. The number of amides is 1. The molecule has 0 radical (unpaired) electrons. The largest absolute Gasteiger partial charge is 0.368 e. The average molecular weight is 290 g/mol. The van der Waals surface area contributed by atoms with Crippen molar-refractivity contribution >= 4 is 55.8 Å². The zero-order valence-electron chi connectivity index (χ0n) is 8.83. The maximum Gasteiger partial charge on any atom is 0.239 e. The Morgan fingerprint density at radius 2 is 2.12 bits per heavy atom. The quantitative estimate of drug-likeness (QED) is 0.913. The van der Waals surface area contributed by atoms with E-state index in [1.807, 2.05) is 0 Å². The normalized spacial score (nSPS) is 12.6. The molecule has 0 saturated carbocycles. The summed E-state index contributed by atoms with van der Waals surface area (Å²) < 4.78 is 0.901. The number of aromatic nitrogens is 1. The topological polar surface area (TPSA) is 68.0 Å². The number of nitrogens with two attached hydrogens (primary N) is 1. The van der Waals surface area contributed by atoms with Gasteiger partial charge in [-0.15, -0.1) is 0 Å². The number of nitrogens with one attached hydrogen (secondary N) is 1. The molecule has 1 heterocycles. The van der Waals surface area contributed by atoms with Crippen LogP contribution in [0.5, 0.6) is 0 Å². The SMILES string of the molecule is C[C@H](Nc1nc2cc(Cl)c(Cl)cc2s1)C(N)=O. The summed E-state index contributed by atoms with van der Waals surface area (Å²) in [5, 5.41) is 4.47. The van der Waals surface area contributed by atoms with Gasteiger partial charge in [0.15, 0.2) is 5.13 Å². The van der Waals surface area contributed by atoms with Crippen LogP contribution in [0.2, 0.25) is 10.0 Å². The minimum atomic E-state index is -0.471. The maximum absolute atomic E-state index is 10.9. The van der Waals surface area contributed by atoms with Gasteiger partial charge in [0.25, 0.3) is 0 Å². The molecular formula is C10H9Cl2N3OS. The molecule has 90 valence electrons. The molecule has 0 fully saturated rings. The Hall–Kier alpha value is -1.04. The molecule has 0 bridgehead atoms. The second kappa shape index (κ2) is 4.68. The molecule has 17 heavy (non-hydrogen) atoms. The average Bonchev–Trinajstić information content (AvgIpc) is 2.60. The van der Waals surface area contributed by atoms with E-state index in [1.54, 1.807) is 19.1 Å². The number of halogens is 2. The van der Waals surface area contributed by atoms with Crippen molar-refractivity contribution in [1.29, 1.82) is 0 Å². The summed E-state index contributed by atoms with van der Waals surface area (Å²) in [4.78, 5) is 15.2. The monoisotopic (exact) mass is 289 g/mol. The maximum atomic E-state index is 10.9. The lowest BCUT2D eigenvalue weighted by molar-refractivity contribution is -0.118. The number of benzene rings is 1. The van der Waals surface area contributed by atoms with Crippen LogP contribution in [0.3, 0.4) is 0 Å². The van der Waals surface area contributed by atoms with Gasteiger partial charge < -0.3 is 11.1 Å². The van der Waals surface area contributed by atoms with Crippen LogP contribution in [0.4, 0.5) is 5.13 Å². The molecule has 1 atom stereocenters. The van der Waals surface area contributed by atoms with Gasteiger partial charge in [-0.2, -0.15) is 0 Å². The van der Waals surface area contributed by atoms with Crippen LogP contribution >= 0.6 is 34.5 Å². The lowest BCUT2D eigenvalue weighted by Gasteiger charge is -2.06. The van der Waals surface area contributed by atoms with Gasteiger partial charge in [0, 0.05) is 0 Å². The van der Waals surface area contributed by atoms with Crippen molar-refractivity contribution in [2.24, 2.45) is 5.73 Å². The fraction of sp³-hybridized carbons (Fsp3) is 0.200. The van der Waals surface area contributed by atoms with Gasteiger partial charge in [-0.1, -0.05) is 34.5 Å². The number of rotatable bonds is 3. The summed E-state index contributed by atoms with van der Waals surface area (Å²) in [6.07, 6.45) is 0. The predicted molar refractivity (Wildman–Crippen MR) is 71.9 cm³/mol. The lowest BCUT2D eigenvalue weighted by Crippen LogP contribution is -2.32. The highest BCUT2D eigenvalue weighted by Gasteiger charge is 2.12. The molecule has 0 aliphatic rings. The predicted octanol–water partition coefficient (Wildman–Crippen LogP) is 2.89. The molecule has 1 amide bonds. The van der Waals surface area contributed by atoms with Gasteiger partial charge >= 0.3 is 0 Å². The first kappa shape index (κ1) is 12.4. The van der Waals surface area contributed by atoms with Crippen LogP contribution in [-0.4, -0.2) is 16.9 Å². The minimum Gasteiger partial charge on any atom is -0.368 e. The summed E-state index contributed by atoms with van der Waals surface area (Å²) in [5.41, 5.74) is 5.90. The molecule has 0 spiro atoms. The number of carbonyl (C=O) groups is 1. The van der Waals surface area contributed by atoms with E-state index in [-0.39, 0.29) is 0 Å². The molecule has 1 aromatic carbocycles. The van der Waals surface area contributed by atoms with Crippen molar-refractivity contribution < 1.29 is 4.79 Å². The number of thiazole rings is 1. The van der Waals surface area contributed by atoms with Gasteiger partial charge in [0.1, 0.15) is 6.04 Å². The number of carbonyl (C=O) groups excluding carboxylic acids is 1. The number of hydrogen-bond donors (Lipinski definition) is 2. The first-order chi connectivity index (χ1) is 7.97. The van der Waals surface area contributed by atoms with Gasteiger partial charge in [-0.3, -0.25) is 4.79 Å². The van der Waals surface area contributed by atoms with E-state index >= 15 is 0 Å². The first-order valence-corrected chi connectivity index (χ1v) is 6.36. The Balaban J connectivity index is 2.35. The number of primary amides is 1. The molecule has 7 heteroatoms. The summed E-state index contributed by atoms with van der Waals surface area (Å²) in [6.45, 7) is 1.67. The van der Waals surface area contributed by atoms with Crippen molar-refractivity contribution in [2.45, 2.75) is 13.0 Å². The molecule has 2 aromatic rings. The number of anilines is 1. The highest BCUT2D eigenvalue weighted by Crippen LogP contribution is 2.33. The summed E-state index contributed by atoms with van der Waals surface area (Å²) in [7, 11) is 0. The Kier molecular flexibility index (Phi) is 3.42. The van der Waals surface area contributed by atoms with E-state index in [9.17, 15) is 4.79 Å². The summed E-state index contributed by atoms with van der Waals surface area (Å²) in [5.74, 6) is -0.430. The van der Waals surface area contributed by atoms with Crippen LogP contribution in [0.25, 0.3) is 10.2 Å². The molecule has 0 aliphatic carbocycles. The summed E-state index contributed by atoms with van der Waals surface area (Å²) in [6, 6.07) is 2.97. The molecule has 0 unspecified atom stereocenters. The number of hydrogen-bond acceptors (Lipinski definition) is 4. The van der Waals surface area contributed by atoms with E-state index < -0.39 is 11.9 Å². The third-order valence-corrected chi connectivity index (χ3v) is 3.87. The Morgan fingerprint density at radius 3 is 2.76 bits per heavy atom. The van der Waals surface area contributed by atoms with Crippen LogP contribution in [0.1, 0.15) is 6.92 Å². The van der Waals surface area contributed by atoms with Crippen LogP contribution < -0.4 is 11.1 Å². The third kappa shape index (κ3) is 2.62. The molecule has 0 saturated heterocycles. The molecule has 1 aromatic heterocycles. The first-order valence-electron chi connectivity index (χ1n) is 4.79. The standard InChI is InChI=1S/C10H9Cl2N3OS/c1-4(9(13)16)14-10-15-7-2-5(11)6(12)3-8(7)17-10/h2-4H,1H3,(H2,13,16)(H,14,15)/t4-/m0/s1. The fourth-order valence-electron chi connectivity index (χ4n) is 1.24. The fourth-order valence-corrected chi connectivity index (χ4v) is 2.60. The molecular weight excluding hydrogens is 281 g/mol. The number of nitrogens with zero attached hydrogens (tertiary/aromatic N) is 1. The van der Waals surface area contributed by atoms with E-state index in [0.29, 0.717) is 15.2 Å². The van der Waals surface area contributed by atoms with E-state index in [2.05, 4.69) is 10.3 Å². The van der Waals surface area contributed by atoms with Crippen molar-refractivity contribution in [2.75, 3.05) is 5.32 Å². The van der Waals surface area contributed by atoms with Crippen LogP contribution in [-0.2, 0) is 4.79 Å². The van der Waals surface area contributed by atoms with E-state index in [1.165, 1.54) is 11.3 Å². The van der Waals surface area contributed by atoms with E-state index in [0.717, 1.165) is 10.2 Å². The van der Waals surface area contributed by atoms with Crippen molar-refractivity contribution in [1.82, 2.24) is 4.98 Å². The van der Waals surface area contributed by atoms with Crippen molar-refractivity contribution in [3.63, 3.8) is 0 Å². The number of fused-ring (bicyclic) bond motifs is 1.